The van der Waals surface area contributed by atoms with Crippen LogP contribution >= 0.6 is 11.8 Å². The van der Waals surface area contributed by atoms with Crippen molar-refractivity contribution >= 4 is 39.1 Å². The molecule has 1 aliphatic rings. The molecule has 1 fully saturated rings. The van der Waals surface area contributed by atoms with Crippen molar-refractivity contribution in [3.05, 3.63) is 53.6 Å². The second kappa shape index (κ2) is 13.5. The highest BCUT2D eigenvalue weighted by atomic mass is 32.2. The first kappa shape index (κ1) is 32.8. The highest BCUT2D eigenvalue weighted by Crippen LogP contribution is 2.32. The second-order valence-electron chi connectivity index (χ2n) is 11.5. The van der Waals surface area contributed by atoms with E-state index in [1.165, 1.54) is 17.8 Å². The van der Waals surface area contributed by atoms with Gasteiger partial charge in [-0.05, 0) is 72.9 Å². The van der Waals surface area contributed by atoms with Crippen LogP contribution in [-0.4, -0.2) is 51.4 Å². The minimum atomic E-state index is -4.64. The summed E-state index contributed by atoms with van der Waals surface area (Å²) in [6.45, 7) is 5.78. The van der Waals surface area contributed by atoms with Crippen LogP contribution in [0.5, 0.6) is 0 Å². The molecule has 0 aliphatic heterocycles. The van der Waals surface area contributed by atoms with Gasteiger partial charge in [0.05, 0.1) is 28.3 Å². The molecule has 1 saturated carbocycles. The standard InChI is InChI=1S/C29H38F3N3O4S2/c1-28(2,3)18-34-25-14-9-20(29(30,31)32)15-23(25)27(37)33-16-26(36)35-24-8-6-5-7-19(24)17-41(38,39)22-12-10-21(40-4)11-13-22/h9-15,19,24,34H,5-8,16-18H2,1-4H3,(H,33,37)(H,35,36)/t19-,24+/m1/s1. The fourth-order valence-corrected chi connectivity index (χ4v) is 6.81. The Morgan fingerprint density at radius 1 is 1.00 bits per heavy atom. The van der Waals surface area contributed by atoms with Crippen molar-refractivity contribution in [1.29, 1.82) is 0 Å². The molecule has 0 saturated heterocycles. The number of halogens is 3. The Kier molecular flexibility index (Phi) is 10.8. The maximum atomic E-state index is 13.3. The van der Waals surface area contributed by atoms with Gasteiger partial charge in [0, 0.05) is 23.2 Å². The molecule has 1 aliphatic carbocycles. The quantitative estimate of drug-likeness (QED) is 0.294. The molecule has 41 heavy (non-hydrogen) atoms. The van der Waals surface area contributed by atoms with Crippen LogP contribution in [-0.2, 0) is 20.8 Å². The zero-order valence-corrected chi connectivity index (χ0v) is 25.4. The Balaban J connectivity index is 1.66. The predicted molar refractivity (Wildman–Crippen MR) is 156 cm³/mol. The summed E-state index contributed by atoms with van der Waals surface area (Å²) in [7, 11) is -3.58. The third-order valence-corrected chi connectivity index (χ3v) is 9.52. The second-order valence-corrected chi connectivity index (χ2v) is 14.4. The number of alkyl halides is 3. The Bertz CT molecular complexity index is 1320. The number of sulfone groups is 1. The Morgan fingerprint density at radius 3 is 2.27 bits per heavy atom. The van der Waals surface area contributed by atoms with E-state index in [-0.39, 0.29) is 33.2 Å². The fraction of sp³-hybridized carbons (Fsp3) is 0.517. The summed E-state index contributed by atoms with van der Waals surface area (Å²) in [5, 5.41) is 8.30. The van der Waals surface area contributed by atoms with Gasteiger partial charge in [-0.2, -0.15) is 13.2 Å². The van der Waals surface area contributed by atoms with E-state index in [0.29, 0.717) is 19.4 Å². The molecule has 2 atom stereocenters. The van der Waals surface area contributed by atoms with Crippen LogP contribution in [0.2, 0.25) is 0 Å². The molecule has 2 amide bonds. The van der Waals surface area contributed by atoms with Crippen LogP contribution in [0.15, 0.2) is 52.3 Å². The van der Waals surface area contributed by atoms with Gasteiger partial charge in [0.25, 0.3) is 5.91 Å². The summed E-state index contributed by atoms with van der Waals surface area (Å²) in [6.07, 6.45) is 0.163. The molecule has 12 heteroatoms. The van der Waals surface area contributed by atoms with Crippen LogP contribution in [0.4, 0.5) is 18.9 Å². The number of thioether (sulfide) groups is 1. The Labute approximate surface area is 244 Å². The van der Waals surface area contributed by atoms with Crippen molar-refractivity contribution in [3.8, 4) is 0 Å². The van der Waals surface area contributed by atoms with E-state index in [1.54, 1.807) is 24.3 Å². The van der Waals surface area contributed by atoms with Crippen molar-refractivity contribution in [3.63, 3.8) is 0 Å². The van der Waals surface area contributed by atoms with E-state index < -0.39 is 46.0 Å². The van der Waals surface area contributed by atoms with E-state index in [0.717, 1.165) is 29.9 Å². The summed E-state index contributed by atoms with van der Waals surface area (Å²) in [5.74, 6) is -1.77. The van der Waals surface area contributed by atoms with Crippen LogP contribution in [0.3, 0.4) is 0 Å². The van der Waals surface area contributed by atoms with Crippen molar-refractivity contribution < 1.29 is 31.2 Å². The number of hydrogen-bond donors (Lipinski definition) is 3. The number of anilines is 1. The van der Waals surface area contributed by atoms with Gasteiger partial charge >= 0.3 is 6.18 Å². The van der Waals surface area contributed by atoms with Gasteiger partial charge in [-0.3, -0.25) is 9.59 Å². The normalized spacial score (nSPS) is 18.0. The third-order valence-electron chi connectivity index (χ3n) is 6.92. The van der Waals surface area contributed by atoms with Gasteiger partial charge in [-0.15, -0.1) is 11.8 Å². The highest BCUT2D eigenvalue weighted by molar-refractivity contribution is 7.98. The number of benzene rings is 2. The van der Waals surface area contributed by atoms with Gasteiger partial charge in [-0.25, -0.2) is 8.42 Å². The molecule has 0 heterocycles. The van der Waals surface area contributed by atoms with E-state index in [9.17, 15) is 31.2 Å². The van der Waals surface area contributed by atoms with Gasteiger partial charge < -0.3 is 16.0 Å². The van der Waals surface area contributed by atoms with E-state index in [4.69, 9.17) is 0 Å². The van der Waals surface area contributed by atoms with Crippen LogP contribution in [0.1, 0.15) is 62.4 Å². The average Bonchev–Trinajstić information content (AvgIpc) is 2.90. The largest absolute Gasteiger partial charge is 0.416 e. The highest BCUT2D eigenvalue weighted by Gasteiger charge is 2.33. The lowest BCUT2D eigenvalue weighted by molar-refractivity contribution is -0.137. The van der Waals surface area contributed by atoms with Crippen molar-refractivity contribution in [1.82, 2.24) is 10.6 Å². The molecule has 3 N–H and O–H groups in total. The summed E-state index contributed by atoms with van der Waals surface area (Å²) in [5.41, 5.74) is -1.15. The van der Waals surface area contributed by atoms with Gasteiger partial charge in [0.2, 0.25) is 5.91 Å². The van der Waals surface area contributed by atoms with Crippen LogP contribution < -0.4 is 16.0 Å². The average molecular weight is 614 g/mol. The van der Waals surface area contributed by atoms with Gasteiger partial charge in [-0.1, -0.05) is 33.6 Å². The summed E-state index contributed by atoms with van der Waals surface area (Å²) >= 11 is 1.52. The molecule has 7 nitrogen and oxygen atoms in total. The predicted octanol–water partition coefficient (Wildman–Crippen LogP) is 5.76. The first-order valence-corrected chi connectivity index (χ1v) is 16.4. The summed E-state index contributed by atoms with van der Waals surface area (Å²) < 4.78 is 66.2. The third kappa shape index (κ3) is 9.66. The zero-order chi connectivity index (χ0) is 30.4. The lowest BCUT2D eigenvalue weighted by Crippen LogP contribution is -2.47. The number of amides is 2. The van der Waals surface area contributed by atoms with Crippen LogP contribution in [0.25, 0.3) is 0 Å². The lowest BCUT2D eigenvalue weighted by atomic mass is 9.86. The minimum absolute atomic E-state index is 0.115. The zero-order valence-electron chi connectivity index (χ0n) is 23.7. The monoisotopic (exact) mass is 613 g/mol. The number of carbonyl (C=O) groups excluding carboxylic acids is 2. The first-order valence-electron chi connectivity index (χ1n) is 13.5. The van der Waals surface area contributed by atoms with Crippen molar-refractivity contribution in [2.24, 2.45) is 11.3 Å². The Hall–Kier alpha value is -2.73. The lowest BCUT2D eigenvalue weighted by Gasteiger charge is -2.32. The molecular weight excluding hydrogens is 575 g/mol. The fourth-order valence-electron chi connectivity index (χ4n) is 4.69. The molecule has 2 aromatic rings. The summed E-state index contributed by atoms with van der Waals surface area (Å²) in [6, 6.07) is 9.19. The maximum Gasteiger partial charge on any atom is 0.416 e. The van der Waals surface area contributed by atoms with Gasteiger partial charge in [0.1, 0.15) is 0 Å². The molecule has 0 radical (unpaired) electrons. The SMILES string of the molecule is CSc1ccc(S(=O)(=O)C[C@H]2CCCC[C@@H]2NC(=O)CNC(=O)c2cc(C(F)(F)F)ccc2NCC(C)(C)C)cc1. The van der Waals surface area contributed by atoms with E-state index >= 15 is 0 Å². The molecule has 0 unspecified atom stereocenters. The van der Waals surface area contributed by atoms with Crippen molar-refractivity contribution in [2.45, 2.75) is 68.5 Å². The molecule has 226 valence electrons. The molecular formula is C29H38F3N3O4S2. The maximum absolute atomic E-state index is 13.3. The molecule has 0 aromatic heterocycles. The Morgan fingerprint density at radius 2 is 1.66 bits per heavy atom. The van der Waals surface area contributed by atoms with E-state index in [2.05, 4.69) is 16.0 Å². The van der Waals surface area contributed by atoms with Crippen molar-refractivity contribution in [2.75, 3.05) is 30.4 Å². The topological polar surface area (TPSA) is 104 Å². The number of rotatable bonds is 10. The molecule has 2 aromatic carbocycles. The van der Waals surface area contributed by atoms with E-state index in [1.807, 2.05) is 27.0 Å². The number of nitrogens with one attached hydrogen (secondary N) is 3. The molecule has 0 bridgehead atoms. The number of carbonyl (C=O) groups is 2. The first-order chi connectivity index (χ1) is 19.1. The van der Waals surface area contributed by atoms with Gasteiger partial charge in [0.15, 0.2) is 9.84 Å². The smallest absolute Gasteiger partial charge is 0.384 e. The van der Waals surface area contributed by atoms with Crippen LogP contribution in [0, 0.1) is 11.3 Å². The minimum Gasteiger partial charge on any atom is -0.384 e. The summed E-state index contributed by atoms with van der Waals surface area (Å²) in [4.78, 5) is 26.9. The number of hydrogen-bond acceptors (Lipinski definition) is 6. The molecule has 3 rings (SSSR count). The molecule has 0 spiro atoms.